The van der Waals surface area contributed by atoms with Crippen LogP contribution in [-0.4, -0.2) is 13.2 Å². The zero-order chi connectivity index (χ0) is 21.2. The Morgan fingerprint density at radius 3 is 2.03 bits per heavy atom. The predicted molar refractivity (Wildman–Crippen MR) is 127 cm³/mol. The van der Waals surface area contributed by atoms with Crippen molar-refractivity contribution in [2.75, 3.05) is 13.2 Å². The van der Waals surface area contributed by atoms with Crippen molar-refractivity contribution >= 4 is 0 Å². The van der Waals surface area contributed by atoms with Crippen molar-refractivity contribution in [1.29, 1.82) is 0 Å². The predicted octanol–water partition coefficient (Wildman–Crippen LogP) is 8.56. The zero-order valence-corrected chi connectivity index (χ0v) is 20.0. The molecule has 0 unspecified atom stereocenters. The summed E-state index contributed by atoms with van der Waals surface area (Å²) in [7, 11) is 0. The minimum atomic E-state index is -0.167. The molecule has 1 aromatic rings. The fourth-order valence-electron chi connectivity index (χ4n) is 5.39. The van der Waals surface area contributed by atoms with Gasteiger partial charge >= 0.3 is 0 Å². The summed E-state index contributed by atoms with van der Waals surface area (Å²) in [5.41, 5.74) is 3.28. The average Bonchev–Trinajstić information content (AvgIpc) is 2.78. The Morgan fingerprint density at radius 1 is 0.800 bits per heavy atom. The van der Waals surface area contributed by atoms with Crippen molar-refractivity contribution in [2.24, 2.45) is 11.3 Å². The number of ether oxygens (including phenoxy) is 2. The molecule has 2 heteroatoms. The molecular formula is C28H46O2. The first-order valence-electron chi connectivity index (χ1n) is 13.0. The molecule has 30 heavy (non-hydrogen) atoms. The van der Waals surface area contributed by atoms with Crippen LogP contribution in [0, 0.1) is 11.3 Å². The van der Waals surface area contributed by atoms with Gasteiger partial charge in [0.05, 0.1) is 13.2 Å². The van der Waals surface area contributed by atoms with E-state index in [0.717, 1.165) is 19.1 Å². The Morgan fingerprint density at radius 2 is 1.40 bits per heavy atom. The van der Waals surface area contributed by atoms with Gasteiger partial charge in [0.1, 0.15) is 0 Å². The molecule has 0 N–H and O–H groups in total. The van der Waals surface area contributed by atoms with Crippen LogP contribution >= 0.6 is 0 Å². The van der Waals surface area contributed by atoms with Crippen LogP contribution in [0.15, 0.2) is 24.3 Å². The zero-order valence-electron chi connectivity index (χ0n) is 20.0. The lowest BCUT2D eigenvalue weighted by Gasteiger charge is -2.38. The monoisotopic (exact) mass is 414 g/mol. The number of hydrogen-bond donors (Lipinski definition) is 0. The maximum Gasteiger partial charge on any atom is 0.183 e. The Balaban J connectivity index is 1.41. The van der Waals surface area contributed by atoms with Gasteiger partial charge < -0.3 is 9.47 Å². The second-order valence-corrected chi connectivity index (χ2v) is 10.4. The summed E-state index contributed by atoms with van der Waals surface area (Å²) in [6.07, 6.45) is 17.4. The van der Waals surface area contributed by atoms with Gasteiger partial charge in [0.15, 0.2) is 6.29 Å². The highest BCUT2D eigenvalue weighted by Crippen LogP contribution is 2.45. The molecule has 1 aliphatic heterocycles. The van der Waals surface area contributed by atoms with Gasteiger partial charge in [-0.1, -0.05) is 90.0 Å². The van der Waals surface area contributed by atoms with Gasteiger partial charge in [0.2, 0.25) is 0 Å². The topological polar surface area (TPSA) is 18.5 Å². The van der Waals surface area contributed by atoms with Crippen LogP contribution in [0.1, 0.15) is 128 Å². The number of rotatable bonds is 11. The van der Waals surface area contributed by atoms with Gasteiger partial charge in [-0.25, -0.2) is 0 Å². The van der Waals surface area contributed by atoms with Crippen molar-refractivity contribution in [1.82, 2.24) is 0 Å². The Hall–Kier alpha value is -0.860. The Labute approximate surface area is 186 Å². The lowest BCUT2D eigenvalue weighted by Crippen LogP contribution is -2.27. The molecule has 1 aliphatic carbocycles. The van der Waals surface area contributed by atoms with Gasteiger partial charge in [-0.3, -0.25) is 0 Å². The Bertz CT molecular complexity index is 577. The molecule has 1 aromatic carbocycles. The third kappa shape index (κ3) is 7.09. The van der Waals surface area contributed by atoms with Crippen molar-refractivity contribution in [3.8, 4) is 0 Å². The van der Waals surface area contributed by atoms with E-state index >= 15 is 0 Å². The molecular weight excluding hydrogens is 368 g/mol. The fraction of sp³-hybridized carbons (Fsp3) is 0.786. The van der Waals surface area contributed by atoms with E-state index in [1.165, 1.54) is 94.6 Å². The number of hydrogen-bond acceptors (Lipinski definition) is 2. The quantitative estimate of drug-likeness (QED) is 0.338. The van der Waals surface area contributed by atoms with Gasteiger partial charge in [0.25, 0.3) is 0 Å². The summed E-state index contributed by atoms with van der Waals surface area (Å²) in [5.74, 6) is 1.31. The molecule has 2 fully saturated rings. The standard InChI is InChI=1S/C28H46O2/c1-4-6-8-9-11-23-21-29-27(30-22-23)26-14-12-24(13-15-26)25-16-19-28(3,20-17-25)18-10-7-5-2/h12-15,23,25,27H,4-11,16-22H2,1-3H3. The van der Waals surface area contributed by atoms with Crippen LogP contribution in [0.25, 0.3) is 0 Å². The summed E-state index contributed by atoms with van der Waals surface area (Å²) < 4.78 is 12.1. The fourth-order valence-corrected chi connectivity index (χ4v) is 5.39. The number of benzene rings is 1. The van der Waals surface area contributed by atoms with Crippen LogP contribution in [0.3, 0.4) is 0 Å². The van der Waals surface area contributed by atoms with Crippen LogP contribution in [0.2, 0.25) is 0 Å². The lowest BCUT2D eigenvalue weighted by atomic mass is 9.68. The second kappa shape index (κ2) is 12.2. The van der Waals surface area contributed by atoms with Gasteiger partial charge in [-0.15, -0.1) is 0 Å². The molecule has 2 aliphatic rings. The smallest absolute Gasteiger partial charge is 0.183 e. The van der Waals surface area contributed by atoms with Crippen LogP contribution < -0.4 is 0 Å². The summed E-state index contributed by atoms with van der Waals surface area (Å²) >= 11 is 0. The van der Waals surface area contributed by atoms with E-state index in [9.17, 15) is 0 Å². The molecule has 0 amide bonds. The van der Waals surface area contributed by atoms with E-state index in [1.54, 1.807) is 0 Å². The summed E-state index contributed by atoms with van der Waals surface area (Å²) in [5, 5.41) is 0. The highest BCUT2D eigenvalue weighted by atomic mass is 16.7. The first-order chi connectivity index (χ1) is 14.6. The first-order valence-corrected chi connectivity index (χ1v) is 13.0. The van der Waals surface area contributed by atoms with Gasteiger partial charge in [-0.05, 0) is 55.4 Å². The molecule has 170 valence electrons. The normalized spacial score (nSPS) is 29.8. The molecule has 1 saturated carbocycles. The molecule has 3 rings (SSSR count). The molecule has 2 nitrogen and oxygen atoms in total. The first kappa shape index (κ1) is 23.8. The highest BCUT2D eigenvalue weighted by molar-refractivity contribution is 5.26. The minimum Gasteiger partial charge on any atom is -0.348 e. The largest absolute Gasteiger partial charge is 0.348 e. The van der Waals surface area contributed by atoms with E-state index in [1.807, 2.05) is 0 Å². The van der Waals surface area contributed by atoms with Crippen LogP contribution in [-0.2, 0) is 9.47 Å². The summed E-state index contributed by atoms with van der Waals surface area (Å²) in [6.45, 7) is 8.79. The van der Waals surface area contributed by atoms with Crippen LogP contribution in [0.5, 0.6) is 0 Å². The lowest BCUT2D eigenvalue weighted by molar-refractivity contribution is -0.206. The third-order valence-electron chi connectivity index (χ3n) is 7.69. The van der Waals surface area contributed by atoms with Crippen molar-refractivity contribution < 1.29 is 9.47 Å². The van der Waals surface area contributed by atoms with Crippen LogP contribution in [0.4, 0.5) is 0 Å². The maximum atomic E-state index is 6.07. The number of unbranched alkanes of at least 4 members (excludes halogenated alkanes) is 5. The van der Waals surface area contributed by atoms with E-state index in [-0.39, 0.29) is 6.29 Å². The third-order valence-corrected chi connectivity index (χ3v) is 7.69. The highest BCUT2D eigenvalue weighted by Gasteiger charge is 2.31. The molecule has 0 spiro atoms. The van der Waals surface area contributed by atoms with Crippen molar-refractivity contribution in [2.45, 2.75) is 116 Å². The second-order valence-electron chi connectivity index (χ2n) is 10.4. The maximum absolute atomic E-state index is 6.07. The average molecular weight is 415 g/mol. The van der Waals surface area contributed by atoms with E-state index in [0.29, 0.717) is 11.3 Å². The molecule has 0 atom stereocenters. The van der Waals surface area contributed by atoms with E-state index < -0.39 is 0 Å². The molecule has 0 aromatic heterocycles. The Kier molecular flexibility index (Phi) is 9.71. The molecule has 0 radical (unpaired) electrons. The van der Waals surface area contributed by atoms with Gasteiger partial charge in [0, 0.05) is 11.5 Å². The summed E-state index contributed by atoms with van der Waals surface area (Å²) in [4.78, 5) is 0. The van der Waals surface area contributed by atoms with Gasteiger partial charge in [-0.2, -0.15) is 0 Å². The van der Waals surface area contributed by atoms with Crippen molar-refractivity contribution in [3.05, 3.63) is 35.4 Å². The van der Waals surface area contributed by atoms with E-state index in [2.05, 4.69) is 45.0 Å². The molecule has 0 bridgehead atoms. The summed E-state index contributed by atoms with van der Waals surface area (Å²) in [6, 6.07) is 9.17. The van der Waals surface area contributed by atoms with Crippen molar-refractivity contribution in [3.63, 3.8) is 0 Å². The van der Waals surface area contributed by atoms with E-state index in [4.69, 9.17) is 9.47 Å². The SMILES string of the molecule is CCCCCCC1COC(c2ccc(C3CCC(C)(CCCCC)CC3)cc2)OC1. The minimum absolute atomic E-state index is 0.167. The molecule has 1 saturated heterocycles. The molecule has 1 heterocycles.